The Morgan fingerprint density at radius 1 is 0.720 bits per heavy atom. The number of hydrogen-bond donors (Lipinski definition) is 0. The lowest BCUT2D eigenvalue weighted by atomic mass is 9.98. The molecule has 1 aliphatic heterocycles. The summed E-state index contributed by atoms with van der Waals surface area (Å²) in [6.07, 6.45) is -12.1. The van der Waals surface area contributed by atoms with Gasteiger partial charge in [0.15, 0.2) is 18.3 Å². The van der Waals surface area contributed by atoms with Crippen LogP contribution in [0.25, 0.3) is 0 Å². The first-order valence-corrected chi connectivity index (χ1v) is 7.15. The van der Waals surface area contributed by atoms with Crippen molar-refractivity contribution in [2.75, 3.05) is 0 Å². The van der Waals surface area contributed by atoms with Gasteiger partial charge in [-0.05, 0) is 0 Å². The Kier molecular flexibility index (Phi) is 7.22. The van der Waals surface area contributed by atoms with Crippen molar-refractivity contribution in [3.05, 3.63) is 0 Å². The lowest BCUT2D eigenvalue weighted by molar-refractivity contribution is -0.310. The minimum atomic E-state index is -3.18. The van der Waals surface area contributed by atoms with Gasteiger partial charge in [-0.2, -0.15) is 0 Å². The highest BCUT2D eigenvalue weighted by atomic mass is 19.3. The van der Waals surface area contributed by atoms with E-state index in [1.807, 2.05) is 0 Å². The SMILES string of the molecule is CC(=O)OC1O[C@@H](C(F)F)[C@@H](OC(C)=O)[C@@H](OC(C)=O)[C@@H]1OC(C)=O. The van der Waals surface area contributed by atoms with E-state index in [9.17, 15) is 28.0 Å². The molecule has 5 atom stereocenters. The fourth-order valence-corrected chi connectivity index (χ4v) is 2.27. The Bertz CT molecular complexity index is 536. The van der Waals surface area contributed by atoms with E-state index in [1.54, 1.807) is 0 Å². The van der Waals surface area contributed by atoms with Gasteiger partial charge in [0.1, 0.15) is 0 Å². The Morgan fingerprint density at radius 2 is 1.12 bits per heavy atom. The molecule has 1 aliphatic rings. The molecule has 9 nitrogen and oxygen atoms in total. The van der Waals surface area contributed by atoms with Crippen LogP contribution in [-0.2, 0) is 42.9 Å². The van der Waals surface area contributed by atoms with Crippen molar-refractivity contribution in [2.24, 2.45) is 0 Å². The van der Waals surface area contributed by atoms with E-state index in [-0.39, 0.29) is 0 Å². The zero-order valence-corrected chi connectivity index (χ0v) is 13.9. The number of ether oxygens (including phenoxy) is 5. The minimum Gasteiger partial charge on any atom is -0.455 e. The van der Waals surface area contributed by atoms with Crippen LogP contribution in [0.3, 0.4) is 0 Å². The summed E-state index contributed by atoms with van der Waals surface area (Å²) in [5.41, 5.74) is 0. The molecule has 0 aliphatic carbocycles. The van der Waals surface area contributed by atoms with Gasteiger partial charge in [-0.3, -0.25) is 19.2 Å². The first-order valence-electron chi connectivity index (χ1n) is 7.15. The molecule has 0 spiro atoms. The highest BCUT2D eigenvalue weighted by Gasteiger charge is 2.55. The molecule has 11 heteroatoms. The molecule has 25 heavy (non-hydrogen) atoms. The van der Waals surface area contributed by atoms with E-state index in [0.717, 1.165) is 27.7 Å². The van der Waals surface area contributed by atoms with Crippen LogP contribution in [0.2, 0.25) is 0 Å². The zero-order chi connectivity index (χ0) is 19.3. The standard InChI is InChI=1S/C14H18F2O9/c1-5(17)21-9-10(22-6(2)18)12(23-7(3)19)14(24-8(4)20)25-11(9)13(15)16/h9-14H,1-4H3/t9-,10+,11+,12-,14?/m0/s1. The summed E-state index contributed by atoms with van der Waals surface area (Å²) in [5.74, 6) is -3.68. The van der Waals surface area contributed by atoms with Gasteiger partial charge in [-0.25, -0.2) is 8.78 Å². The van der Waals surface area contributed by atoms with Gasteiger partial charge in [0.05, 0.1) is 0 Å². The Morgan fingerprint density at radius 3 is 1.52 bits per heavy atom. The van der Waals surface area contributed by atoms with Crippen LogP contribution >= 0.6 is 0 Å². The maximum atomic E-state index is 13.3. The van der Waals surface area contributed by atoms with Crippen molar-refractivity contribution in [2.45, 2.75) is 64.8 Å². The molecule has 1 fully saturated rings. The van der Waals surface area contributed by atoms with E-state index in [2.05, 4.69) is 0 Å². The minimum absolute atomic E-state index is 0.889. The Balaban J connectivity index is 3.31. The van der Waals surface area contributed by atoms with Gasteiger partial charge < -0.3 is 23.7 Å². The van der Waals surface area contributed by atoms with Crippen molar-refractivity contribution < 1.29 is 51.6 Å². The predicted molar refractivity (Wildman–Crippen MR) is 73.1 cm³/mol. The first-order chi connectivity index (χ1) is 11.5. The maximum absolute atomic E-state index is 13.3. The Labute approximate surface area is 141 Å². The summed E-state index contributed by atoms with van der Waals surface area (Å²) < 4.78 is 51.0. The fourth-order valence-electron chi connectivity index (χ4n) is 2.27. The molecule has 0 aromatic heterocycles. The topological polar surface area (TPSA) is 114 Å². The number of carbonyl (C=O) groups is 4. The third-order valence-electron chi connectivity index (χ3n) is 2.97. The number of halogens is 2. The predicted octanol–water partition coefficient (Wildman–Crippen LogP) is 0.335. The first kappa shape index (κ1) is 20.7. The van der Waals surface area contributed by atoms with Crippen LogP contribution < -0.4 is 0 Å². The average Bonchev–Trinajstić information content (AvgIpc) is 2.42. The molecule has 0 N–H and O–H groups in total. The highest BCUT2D eigenvalue weighted by Crippen LogP contribution is 2.32. The summed E-state index contributed by atoms with van der Waals surface area (Å²) in [5, 5.41) is 0. The van der Waals surface area contributed by atoms with Gasteiger partial charge in [-0.15, -0.1) is 0 Å². The molecule has 0 bridgehead atoms. The second kappa shape index (κ2) is 8.70. The summed E-state index contributed by atoms with van der Waals surface area (Å²) in [6.45, 7) is 3.90. The molecule has 0 saturated carbocycles. The molecule has 1 rings (SSSR count). The van der Waals surface area contributed by atoms with E-state index >= 15 is 0 Å². The van der Waals surface area contributed by atoms with Crippen LogP contribution in [0.5, 0.6) is 0 Å². The molecule has 0 aromatic carbocycles. The lowest BCUT2D eigenvalue weighted by Gasteiger charge is -2.43. The van der Waals surface area contributed by atoms with Gasteiger partial charge in [0, 0.05) is 27.7 Å². The second-order valence-electron chi connectivity index (χ2n) is 5.14. The van der Waals surface area contributed by atoms with Crippen LogP contribution in [0.4, 0.5) is 8.78 Å². The monoisotopic (exact) mass is 368 g/mol. The number of hydrogen-bond acceptors (Lipinski definition) is 9. The number of alkyl halides is 2. The molecule has 0 aromatic rings. The molecule has 1 unspecified atom stereocenters. The molecule has 142 valence electrons. The highest BCUT2D eigenvalue weighted by molar-refractivity contribution is 5.69. The van der Waals surface area contributed by atoms with Crippen LogP contribution in [0.1, 0.15) is 27.7 Å². The van der Waals surface area contributed by atoms with E-state index in [0.29, 0.717) is 0 Å². The average molecular weight is 368 g/mol. The summed E-state index contributed by atoms with van der Waals surface area (Å²) >= 11 is 0. The number of carbonyl (C=O) groups excluding carboxylic acids is 4. The normalized spacial score (nSPS) is 28.8. The van der Waals surface area contributed by atoms with Crippen molar-refractivity contribution >= 4 is 23.9 Å². The molecule has 1 saturated heterocycles. The van der Waals surface area contributed by atoms with Gasteiger partial charge in [-0.1, -0.05) is 0 Å². The van der Waals surface area contributed by atoms with Crippen molar-refractivity contribution in [1.29, 1.82) is 0 Å². The second-order valence-corrected chi connectivity index (χ2v) is 5.14. The summed E-state index contributed by atoms with van der Waals surface area (Å²) in [7, 11) is 0. The van der Waals surface area contributed by atoms with Crippen molar-refractivity contribution in [3.63, 3.8) is 0 Å². The van der Waals surface area contributed by atoms with Crippen LogP contribution in [0, 0.1) is 0 Å². The third-order valence-corrected chi connectivity index (χ3v) is 2.97. The smallest absolute Gasteiger partial charge is 0.305 e. The fraction of sp³-hybridized carbons (Fsp3) is 0.714. The third kappa shape index (κ3) is 5.93. The summed E-state index contributed by atoms with van der Waals surface area (Å²) in [4.78, 5) is 45.1. The van der Waals surface area contributed by atoms with Gasteiger partial charge in [0.2, 0.25) is 12.4 Å². The lowest BCUT2D eigenvalue weighted by Crippen LogP contribution is -2.63. The molecular weight excluding hydrogens is 350 g/mol. The molecular formula is C14H18F2O9. The number of rotatable bonds is 5. The largest absolute Gasteiger partial charge is 0.455 e. The van der Waals surface area contributed by atoms with E-state index in [1.165, 1.54) is 0 Å². The summed E-state index contributed by atoms with van der Waals surface area (Å²) in [6, 6.07) is 0. The van der Waals surface area contributed by atoms with Crippen LogP contribution in [-0.4, -0.2) is 61.0 Å². The number of esters is 4. The van der Waals surface area contributed by atoms with Crippen molar-refractivity contribution in [1.82, 2.24) is 0 Å². The Hall–Kier alpha value is -2.30. The van der Waals surface area contributed by atoms with Crippen molar-refractivity contribution in [3.8, 4) is 0 Å². The van der Waals surface area contributed by atoms with Crippen LogP contribution in [0.15, 0.2) is 0 Å². The molecule has 1 heterocycles. The molecule has 0 amide bonds. The quantitative estimate of drug-likeness (QED) is 0.500. The van der Waals surface area contributed by atoms with Gasteiger partial charge in [0.25, 0.3) is 6.43 Å². The van der Waals surface area contributed by atoms with Gasteiger partial charge >= 0.3 is 23.9 Å². The van der Waals surface area contributed by atoms with E-state index in [4.69, 9.17) is 23.7 Å². The molecule has 0 radical (unpaired) electrons. The maximum Gasteiger partial charge on any atom is 0.305 e. The van der Waals surface area contributed by atoms with E-state index < -0.39 is 61.0 Å². The zero-order valence-electron chi connectivity index (χ0n) is 13.9.